The summed E-state index contributed by atoms with van der Waals surface area (Å²) in [6, 6.07) is 3.76. The summed E-state index contributed by atoms with van der Waals surface area (Å²) >= 11 is 3.35. The summed E-state index contributed by atoms with van der Waals surface area (Å²) in [5.41, 5.74) is 2.36. The maximum Gasteiger partial charge on any atom is 0.270 e. The van der Waals surface area contributed by atoms with Crippen LogP contribution in [0, 0.1) is 0 Å². The minimum absolute atomic E-state index is 0.0977. The van der Waals surface area contributed by atoms with Gasteiger partial charge in [0.1, 0.15) is 5.69 Å². The summed E-state index contributed by atoms with van der Waals surface area (Å²) < 4.78 is 13.5. The van der Waals surface area contributed by atoms with Crippen LogP contribution in [0.4, 0.5) is 0 Å². The highest BCUT2D eigenvalue weighted by atomic mass is 79.9. The van der Waals surface area contributed by atoms with Crippen molar-refractivity contribution in [1.82, 2.24) is 9.47 Å². The fourth-order valence-corrected chi connectivity index (χ4v) is 3.44. The van der Waals surface area contributed by atoms with E-state index in [4.69, 9.17) is 9.15 Å². The third kappa shape index (κ3) is 3.08. The molecule has 0 N–H and O–H groups in total. The van der Waals surface area contributed by atoms with Crippen LogP contribution in [-0.4, -0.2) is 42.2 Å². The van der Waals surface area contributed by atoms with Crippen molar-refractivity contribution >= 4 is 32.9 Å². The Hall–Kier alpha value is -1.27. The average molecular weight is 369 g/mol. The number of rotatable bonds is 4. The molecule has 2 aromatic heterocycles. The molecule has 0 saturated carbocycles. The molecular weight excluding hydrogens is 348 g/mol. The Labute approximate surface area is 138 Å². The van der Waals surface area contributed by atoms with Crippen molar-refractivity contribution in [3.63, 3.8) is 0 Å². The van der Waals surface area contributed by atoms with Crippen LogP contribution < -0.4 is 0 Å². The Balaban J connectivity index is 1.93. The molecule has 0 aromatic carbocycles. The molecule has 0 unspecified atom stereocenters. The van der Waals surface area contributed by atoms with E-state index in [1.165, 1.54) is 12.8 Å². The number of carbonyl (C=O) groups is 1. The van der Waals surface area contributed by atoms with Gasteiger partial charge in [-0.05, 0) is 28.8 Å². The lowest BCUT2D eigenvalue weighted by atomic mass is 10.2. The third-order valence-electron chi connectivity index (χ3n) is 4.19. The minimum atomic E-state index is 0.0977. The summed E-state index contributed by atoms with van der Waals surface area (Å²) in [6.07, 6.45) is 4.60. The van der Waals surface area contributed by atoms with Crippen molar-refractivity contribution in [2.24, 2.45) is 0 Å². The zero-order valence-electron chi connectivity index (χ0n) is 12.8. The quantitative estimate of drug-likeness (QED) is 0.827. The van der Waals surface area contributed by atoms with Gasteiger partial charge in [0.25, 0.3) is 5.91 Å². The summed E-state index contributed by atoms with van der Waals surface area (Å²) in [5.74, 6) is 0.0977. The lowest BCUT2D eigenvalue weighted by molar-refractivity contribution is 0.0749. The molecule has 1 fully saturated rings. The standard InChI is InChI=1S/C16H21BrN2O3/c1-21-9-8-19-12-11-15(17)22-14(12)10-13(19)16(20)18-6-4-2-3-5-7-18/h10-11H,2-9H2,1H3. The Kier molecular flexibility index (Phi) is 4.88. The highest BCUT2D eigenvalue weighted by Crippen LogP contribution is 2.28. The number of carbonyl (C=O) groups excluding carboxylic acids is 1. The highest BCUT2D eigenvalue weighted by Gasteiger charge is 2.23. The molecule has 0 radical (unpaired) electrons. The molecule has 1 saturated heterocycles. The van der Waals surface area contributed by atoms with Gasteiger partial charge in [-0.3, -0.25) is 4.79 Å². The molecule has 1 aliphatic rings. The summed E-state index contributed by atoms with van der Waals surface area (Å²) in [7, 11) is 1.67. The van der Waals surface area contributed by atoms with Crippen LogP contribution in [-0.2, 0) is 11.3 Å². The Morgan fingerprint density at radius 1 is 1.27 bits per heavy atom. The summed E-state index contributed by atoms with van der Waals surface area (Å²) in [4.78, 5) is 14.9. The molecule has 3 rings (SSSR count). The largest absolute Gasteiger partial charge is 0.448 e. The topological polar surface area (TPSA) is 47.6 Å². The molecular formula is C16H21BrN2O3. The molecule has 3 heterocycles. The fraction of sp³-hybridized carbons (Fsp3) is 0.562. The number of aromatic nitrogens is 1. The van der Waals surface area contributed by atoms with E-state index in [1.807, 2.05) is 21.6 Å². The number of likely N-dealkylation sites (tertiary alicyclic amines) is 1. The molecule has 1 aliphatic heterocycles. The second-order valence-corrected chi connectivity index (χ2v) is 6.46. The van der Waals surface area contributed by atoms with E-state index in [9.17, 15) is 4.79 Å². The predicted octanol–water partition coefficient (Wildman–Crippen LogP) is 3.66. The van der Waals surface area contributed by atoms with E-state index in [2.05, 4.69) is 15.9 Å². The van der Waals surface area contributed by atoms with Crippen LogP contribution in [0.2, 0.25) is 0 Å². The predicted molar refractivity (Wildman–Crippen MR) is 88.2 cm³/mol. The maximum atomic E-state index is 12.9. The Bertz CT molecular complexity index is 654. The molecule has 0 aliphatic carbocycles. The zero-order chi connectivity index (χ0) is 15.5. The number of amides is 1. The van der Waals surface area contributed by atoms with E-state index in [0.29, 0.717) is 23.5 Å². The number of nitrogens with zero attached hydrogens (tertiary/aromatic N) is 2. The van der Waals surface area contributed by atoms with Gasteiger partial charge in [0, 0.05) is 38.9 Å². The van der Waals surface area contributed by atoms with Crippen molar-refractivity contribution in [2.75, 3.05) is 26.8 Å². The van der Waals surface area contributed by atoms with E-state index in [1.54, 1.807) is 7.11 Å². The Morgan fingerprint density at radius 3 is 2.68 bits per heavy atom. The van der Waals surface area contributed by atoms with Gasteiger partial charge in [-0.25, -0.2) is 0 Å². The highest BCUT2D eigenvalue weighted by molar-refractivity contribution is 9.10. The molecule has 22 heavy (non-hydrogen) atoms. The van der Waals surface area contributed by atoms with Gasteiger partial charge in [-0.2, -0.15) is 0 Å². The van der Waals surface area contributed by atoms with Gasteiger partial charge in [-0.15, -0.1) is 0 Å². The third-order valence-corrected chi connectivity index (χ3v) is 4.58. The minimum Gasteiger partial charge on any atom is -0.448 e. The van der Waals surface area contributed by atoms with Crippen molar-refractivity contribution < 1.29 is 13.9 Å². The van der Waals surface area contributed by atoms with Crippen molar-refractivity contribution in [1.29, 1.82) is 0 Å². The van der Waals surface area contributed by atoms with Crippen molar-refractivity contribution in [3.05, 3.63) is 22.5 Å². The first-order valence-electron chi connectivity index (χ1n) is 7.77. The van der Waals surface area contributed by atoms with E-state index in [0.717, 1.165) is 37.0 Å². The lowest BCUT2D eigenvalue weighted by Crippen LogP contribution is -2.33. The van der Waals surface area contributed by atoms with Crippen molar-refractivity contribution in [2.45, 2.75) is 32.2 Å². The molecule has 6 heteroatoms. The van der Waals surface area contributed by atoms with Crippen LogP contribution in [0.25, 0.3) is 11.1 Å². The lowest BCUT2D eigenvalue weighted by Gasteiger charge is -2.21. The summed E-state index contributed by atoms with van der Waals surface area (Å²) in [5, 5.41) is 0. The molecule has 0 atom stereocenters. The molecule has 0 spiro atoms. The number of hydrogen-bond acceptors (Lipinski definition) is 3. The Morgan fingerprint density at radius 2 is 2.00 bits per heavy atom. The monoisotopic (exact) mass is 368 g/mol. The van der Waals surface area contributed by atoms with Gasteiger partial charge in [0.05, 0.1) is 12.1 Å². The van der Waals surface area contributed by atoms with Gasteiger partial charge in [-0.1, -0.05) is 12.8 Å². The van der Waals surface area contributed by atoms with Gasteiger partial charge < -0.3 is 18.6 Å². The van der Waals surface area contributed by atoms with Crippen molar-refractivity contribution in [3.8, 4) is 0 Å². The van der Waals surface area contributed by atoms with Crippen LogP contribution in [0.5, 0.6) is 0 Å². The molecule has 120 valence electrons. The van der Waals surface area contributed by atoms with Crippen LogP contribution in [0.1, 0.15) is 36.2 Å². The molecule has 0 bridgehead atoms. The smallest absolute Gasteiger partial charge is 0.270 e. The molecule has 1 amide bonds. The maximum absolute atomic E-state index is 12.9. The summed E-state index contributed by atoms with van der Waals surface area (Å²) in [6.45, 7) is 2.90. The second kappa shape index (κ2) is 6.87. The number of furan rings is 1. The zero-order valence-corrected chi connectivity index (χ0v) is 14.4. The van der Waals surface area contributed by atoms with Crippen LogP contribution >= 0.6 is 15.9 Å². The molecule has 5 nitrogen and oxygen atoms in total. The van der Waals surface area contributed by atoms with Crippen LogP contribution in [0.15, 0.2) is 21.2 Å². The van der Waals surface area contributed by atoms with Crippen LogP contribution in [0.3, 0.4) is 0 Å². The number of hydrogen-bond donors (Lipinski definition) is 0. The van der Waals surface area contributed by atoms with Gasteiger partial charge in [0.2, 0.25) is 0 Å². The normalized spacial score (nSPS) is 16.2. The first-order valence-corrected chi connectivity index (χ1v) is 8.57. The fourth-order valence-electron chi connectivity index (χ4n) is 3.05. The van der Waals surface area contributed by atoms with E-state index < -0.39 is 0 Å². The van der Waals surface area contributed by atoms with E-state index >= 15 is 0 Å². The first-order chi connectivity index (χ1) is 10.7. The SMILES string of the molecule is COCCn1c(C(=O)N2CCCCCC2)cc2oc(Br)cc21. The number of halogens is 1. The number of ether oxygens (including phenoxy) is 1. The van der Waals surface area contributed by atoms with E-state index in [-0.39, 0.29) is 5.91 Å². The van der Waals surface area contributed by atoms with Gasteiger partial charge in [0.15, 0.2) is 10.3 Å². The first kappa shape index (κ1) is 15.6. The number of methoxy groups -OCH3 is 1. The number of fused-ring (bicyclic) bond motifs is 1. The average Bonchev–Trinajstić information content (AvgIpc) is 2.88. The molecule has 2 aromatic rings. The second-order valence-electron chi connectivity index (χ2n) is 5.68. The van der Waals surface area contributed by atoms with Gasteiger partial charge >= 0.3 is 0 Å².